The van der Waals surface area contributed by atoms with Gasteiger partial charge >= 0.3 is 38.6 Å². The Hall–Kier alpha value is 2.45. The molecule has 0 aromatic heterocycles. The van der Waals surface area contributed by atoms with Gasteiger partial charge in [0, 0.05) is 27.7 Å². The molecule has 0 atom stereocenters. The number of halogens is 2. The number of hydrogen-bond acceptors (Lipinski definition) is 0. The van der Waals surface area contributed by atoms with Crippen molar-refractivity contribution in [3.63, 3.8) is 0 Å². The molecule has 4 heteroatoms. The molecule has 0 amide bonds. The van der Waals surface area contributed by atoms with E-state index in [1.165, 1.54) is 0 Å². The number of hydrogen-bond donors (Lipinski definition) is 0. The topological polar surface area (TPSA) is 0 Å². The first-order chi connectivity index (χ1) is 1.41. The third kappa shape index (κ3) is 8.82. The summed E-state index contributed by atoms with van der Waals surface area (Å²) in [6, 6.07) is 0. The number of rotatable bonds is 0. The summed E-state index contributed by atoms with van der Waals surface area (Å²) in [6.07, 6.45) is 0. The predicted molar refractivity (Wildman–Crippen MR) is 11.7 cm³/mol. The summed E-state index contributed by atoms with van der Waals surface area (Å²) >= 11 is -1.14. The van der Waals surface area contributed by atoms with E-state index < -0.39 is 22.1 Å². The molecule has 18 valence electrons. The van der Waals surface area contributed by atoms with Crippen molar-refractivity contribution in [1.82, 2.24) is 0 Å². The van der Waals surface area contributed by atoms with Crippen molar-refractivity contribution in [3.05, 3.63) is 0 Å². The van der Waals surface area contributed by atoms with Crippen LogP contribution >= 0.6 is 16.5 Å². The zero-order valence-corrected chi connectivity index (χ0v) is 14.7. The molecule has 4 heavy (non-hydrogen) atoms. The first kappa shape index (κ1) is 9.67. The molecule has 0 nitrogen and oxygen atoms in total. The molecule has 0 saturated heterocycles. The third-order valence-electron chi connectivity index (χ3n) is 0. The monoisotopic (exact) mass is 474 g/mol. The molecular formula is Cl2Hg2. The first-order valence-corrected chi connectivity index (χ1v) is 14.1. The summed E-state index contributed by atoms with van der Waals surface area (Å²) in [7, 11) is 9.97. The van der Waals surface area contributed by atoms with Gasteiger partial charge in [0.05, 0.1) is 0 Å². The molecule has 0 aromatic rings. The summed E-state index contributed by atoms with van der Waals surface area (Å²) in [6.45, 7) is 0. The van der Waals surface area contributed by atoms with E-state index in [0.29, 0.717) is 0 Å². The molecule has 0 aromatic carbocycles. The summed E-state index contributed by atoms with van der Waals surface area (Å²) in [5.74, 6) is 0. The molecule has 0 fully saturated rings. The fraction of sp³-hybridized carbons (Fsp3) is 0. The Morgan fingerprint density at radius 3 is 1.25 bits per heavy atom. The van der Waals surface area contributed by atoms with E-state index >= 15 is 0 Å². The first-order valence-electron chi connectivity index (χ1n) is 0.535. The molecule has 0 heterocycles. The molecule has 0 aliphatic heterocycles. The normalized spacial score (nSPS) is 2.50. The minimum Gasteiger partial charge on any atom is 0 e. The van der Waals surface area contributed by atoms with Gasteiger partial charge in [0.1, 0.15) is 0 Å². The zero-order chi connectivity index (χ0) is 2.71. The minimum atomic E-state index is -1.14. The Labute approximate surface area is 65.1 Å². The summed E-state index contributed by atoms with van der Waals surface area (Å²) in [5.41, 5.74) is 0. The smallest absolute Gasteiger partial charge is 0 e. The third-order valence-corrected chi connectivity index (χ3v) is 0. The molecule has 0 saturated carbocycles. The molecule has 0 unspecified atom stereocenters. The quantitative estimate of drug-likeness (QED) is 0.468. The van der Waals surface area contributed by atoms with E-state index in [2.05, 4.69) is 0 Å². The van der Waals surface area contributed by atoms with Crippen molar-refractivity contribution in [2.75, 3.05) is 0 Å². The summed E-state index contributed by atoms with van der Waals surface area (Å²) < 4.78 is 0. The van der Waals surface area contributed by atoms with Crippen LogP contribution in [0.25, 0.3) is 0 Å². The van der Waals surface area contributed by atoms with Gasteiger partial charge in [-0.15, -0.1) is 0 Å². The second-order valence-electron chi connectivity index (χ2n) is 0.101. The van der Waals surface area contributed by atoms with Crippen LogP contribution in [0.1, 0.15) is 0 Å². The van der Waals surface area contributed by atoms with E-state index in [9.17, 15) is 0 Å². The van der Waals surface area contributed by atoms with Gasteiger partial charge in [-0.25, -0.2) is 0 Å². The van der Waals surface area contributed by atoms with Gasteiger partial charge < -0.3 is 0 Å². The second kappa shape index (κ2) is 9.07. The van der Waals surface area contributed by atoms with Crippen molar-refractivity contribution in [2.45, 2.75) is 0 Å². The van der Waals surface area contributed by atoms with Crippen molar-refractivity contribution < 1.29 is 49.8 Å². The van der Waals surface area contributed by atoms with Gasteiger partial charge in [-0.2, -0.15) is 0 Å². The van der Waals surface area contributed by atoms with Gasteiger partial charge in [-0.3, -0.25) is 0 Å². The molecule has 0 rings (SSSR count). The molecule has 0 radical (unpaired) electrons. The van der Waals surface area contributed by atoms with E-state index in [-0.39, 0.29) is 27.7 Å². The standard InChI is InChI=1S/2ClH.2Hg/h2*1H;;/q;;;+2/p-2. The Morgan fingerprint density at radius 2 is 1.25 bits per heavy atom. The Morgan fingerprint density at radius 1 is 1.25 bits per heavy atom. The molecule has 0 N–H and O–H groups in total. The van der Waals surface area contributed by atoms with Crippen LogP contribution in [-0.4, -0.2) is 0 Å². The van der Waals surface area contributed by atoms with Crippen LogP contribution < -0.4 is 0 Å². The van der Waals surface area contributed by atoms with Crippen molar-refractivity contribution >= 4 is 16.5 Å². The van der Waals surface area contributed by atoms with Gasteiger partial charge in [0.2, 0.25) is 0 Å². The minimum absolute atomic E-state index is 0. The zero-order valence-electron chi connectivity index (χ0n) is 2.17. The van der Waals surface area contributed by atoms with Crippen LogP contribution in [0.5, 0.6) is 0 Å². The molecular weight excluding hydrogens is 472 g/mol. The van der Waals surface area contributed by atoms with Gasteiger partial charge in [-0.05, 0) is 0 Å². The van der Waals surface area contributed by atoms with Crippen molar-refractivity contribution in [1.29, 1.82) is 0 Å². The van der Waals surface area contributed by atoms with Crippen molar-refractivity contribution in [2.24, 2.45) is 0 Å². The second-order valence-corrected chi connectivity index (χ2v) is 7.98. The Balaban J connectivity index is 0. The fourth-order valence-corrected chi connectivity index (χ4v) is 0. The maximum absolute atomic E-state index is 4.99. The Bertz CT molecular complexity index is 4.00. The van der Waals surface area contributed by atoms with Gasteiger partial charge in [0.25, 0.3) is 0 Å². The van der Waals surface area contributed by atoms with Crippen LogP contribution in [0, 0.1) is 0 Å². The van der Waals surface area contributed by atoms with Gasteiger partial charge in [0.15, 0.2) is 0 Å². The SMILES string of the molecule is [Cl][Hg][Cl].[Hg]. The van der Waals surface area contributed by atoms with Crippen molar-refractivity contribution in [3.8, 4) is 0 Å². The Kier molecular flexibility index (Phi) is 21.9. The van der Waals surface area contributed by atoms with Crippen LogP contribution in [0.15, 0.2) is 0 Å². The molecule has 0 bridgehead atoms. The van der Waals surface area contributed by atoms with E-state index in [1.807, 2.05) is 0 Å². The van der Waals surface area contributed by atoms with Crippen LogP contribution in [-0.2, 0) is 49.8 Å². The van der Waals surface area contributed by atoms with Crippen LogP contribution in [0.3, 0.4) is 0 Å². The van der Waals surface area contributed by atoms with E-state index in [1.54, 1.807) is 0 Å². The predicted octanol–water partition coefficient (Wildman–Crippen LogP) is 1.37. The maximum atomic E-state index is 4.99. The molecule has 0 aliphatic carbocycles. The van der Waals surface area contributed by atoms with E-state index in [0.717, 1.165) is 0 Å². The largest absolute Gasteiger partial charge is 0 e. The average molecular weight is 472 g/mol. The molecule has 0 spiro atoms. The van der Waals surface area contributed by atoms with Crippen LogP contribution in [0.2, 0.25) is 0 Å². The summed E-state index contributed by atoms with van der Waals surface area (Å²) in [5, 5.41) is 0. The fourth-order valence-electron chi connectivity index (χ4n) is 0. The summed E-state index contributed by atoms with van der Waals surface area (Å²) in [4.78, 5) is 0. The molecule has 0 aliphatic rings. The van der Waals surface area contributed by atoms with E-state index in [4.69, 9.17) is 16.5 Å². The average Bonchev–Trinajstić information content (AvgIpc) is 0.918. The van der Waals surface area contributed by atoms with Crippen LogP contribution in [0.4, 0.5) is 0 Å². The maximum Gasteiger partial charge on any atom is 0 e. The van der Waals surface area contributed by atoms with Gasteiger partial charge in [-0.1, -0.05) is 0 Å².